The van der Waals surface area contributed by atoms with Crippen molar-refractivity contribution in [2.24, 2.45) is 0 Å². The SMILES string of the molecule is COC(=O)C1CCC(=O)N1C(c1ccccc1)c1ccc(N(C)C)cc1. The number of methoxy groups -OCH3 is 1. The number of rotatable bonds is 5. The Bertz CT molecular complexity index is 772. The molecular formula is C21H24N2O3. The second-order valence-electron chi connectivity index (χ2n) is 6.68. The molecule has 1 saturated heterocycles. The van der Waals surface area contributed by atoms with E-state index in [0.29, 0.717) is 12.8 Å². The van der Waals surface area contributed by atoms with Crippen LogP contribution in [-0.2, 0) is 14.3 Å². The lowest BCUT2D eigenvalue weighted by molar-refractivity contribution is -0.150. The second-order valence-corrected chi connectivity index (χ2v) is 6.68. The summed E-state index contributed by atoms with van der Waals surface area (Å²) in [5.41, 5.74) is 3.04. The summed E-state index contributed by atoms with van der Waals surface area (Å²) in [6, 6.07) is 17.1. The van der Waals surface area contributed by atoms with Crippen LogP contribution in [0.5, 0.6) is 0 Å². The highest BCUT2D eigenvalue weighted by atomic mass is 16.5. The maximum atomic E-state index is 12.7. The van der Waals surface area contributed by atoms with Crippen molar-refractivity contribution in [1.82, 2.24) is 4.90 Å². The number of likely N-dealkylation sites (tertiary alicyclic amines) is 1. The smallest absolute Gasteiger partial charge is 0.328 e. The van der Waals surface area contributed by atoms with E-state index in [1.807, 2.05) is 73.6 Å². The molecule has 2 aromatic carbocycles. The summed E-state index contributed by atoms with van der Waals surface area (Å²) in [5.74, 6) is -0.382. The molecule has 0 saturated carbocycles. The van der Waals surface area contributed by atoms with Gasteiger partial charge in [-0.3, -0.25) is 4.79 Å². The van der Waals surface area contributed by atoms with Crippen molar-refractivity contribution in [2.45, 2.75) is 24.9 Å². The van der Waals surface area contributed by atoms with E-state index in [9.17, 15) is 9.59 Å². The van der Waals surface area contributed by atoms with Crippen LogP contribution in [0.4, 0.5) is 5.69 Å². The Morgan fingerprint density at radius 3 is 2.27 bits per heavy atom. The van der Waals surface area contributed by atoms with Crippen LogP contribution < -0.4 is 4.90 Å². The summed E-state index contributed by atoms with van der Waals surface area (Å²) in [5, 5.41) is 0. The first kappa shape index (κ1) is 18.0. The minimum absolute atomic E-state index is 0.0223. The van der Waals surface area contributed by atoms with Gasteiger partial charge < -0.3 is 14.5 Å². The normalized spacial score (nSPS) is 17.9. The van der Waals surface area contributed by atoms with Gasteiger partial charge in [0.1, 0.15) is 6.04 Å². The van der Waals surface area contributed by atoms with Gasteiger partial charge in [0.05, 0.1) is 13.2 Å². The first-order valence-electron chi connectivity index (χ1n) is 8.74. The zero-order valence-electron chi connectivity index (χ0n) is 15.4. The summed E-state index contributed by atoms with van der Waals surface area (Å²) >= 11 is 0. The van der Waals surface area contributed by atoms with Gasteiger partial charge in [0.15, 0.2) is 0 Å². The van der Waals surface area contributed by atoms with Gasteiger partial charge in [-0.1, -0.05) is 42.5 Å². The number of hydrogen-bond acceptors (Lipinski definition) is 4. The largest absolute Gasteiger partial charge is 0.467 e. The third kappa shape index (κ3) is 3.43. The molecule has 0 N–H and O–H groups in total. The van der Waals surface area contributed by atoms with Crippen LogP contribution in [0.15, 0.2) is 54.6 Å². The van der Waals surface area contributed by atoms with Crippen molar-refractivity contribution in [3.05, 3.63) is 65.7 Å². The first-order valence-corrected chi connectivity index (χ1v) is 8.74. The number of anilines is 1. The van der Waals surface area contributed by atoms with E-state index < -0.39 is 6.04 Å². The Balaban J connectivity index is 2.06. The van der Waals surface area contributed by atoms with Crippen LogP contribution in [0.25, 0.3) is 0 Å². The van der Waals surface area contributed by atoms with Crippen LogP contribution in [0.1, 0.15) is 30.0 Å². The van der Waals surface area contributed by atoms with Gasteiger partial charge in [0.25, 0.3) is 0 Å². The highest BCUT2D eigenvalue weighted by molar-refractivity contribution is 5.89. The van der Waals surface area contributed by atoms with Crippen LogP contribution in [0.3, 0.4) is 0 Å². The van der Waals surface area contributed by atoms with Crippen molar-refractivity contribution in [2.75, 3.05) is 26.1 Å². The quantitative estimate of drug-likeness (QED) is 0.776. The Morgan fingerprint density at radius 2 is 1.69 bits per heavy atom. The van der Waals surface area contributed by atoms with Crippen molar-refractivity contribution >= 4 is 17.6 Å². The first-order chi connectivity index (χ1) is 12.5. The molecule has 0 bridgehead atoms. The van der Waals surface area contributed by atoms with Gasteiger partial charge in [-0.05, 0) is 29.7 Å². The molecule has 1 amide bonds. The molecule has 0 aliphatic carbocycles. The Kier molecular flexibility index (Phi) is 5.26. The molecule has 136 valence electrons. The number of hydrogen-bond donors (Lipinski definition) is 0. The molecule has 2 atom stereocenters. The molecule has 3 rings (SSSR count). The van der Waals surface area contributed by atoms with Gasteiger partial charge in [-0.15, -0.1) is 0 Å². The van der Waals surface area contributed by atoms with E-state index in [4.69, 9.17) is 4.74 Å². The van der Waals surface area contributed by atoms with Gasteiger partial charge in [-0.25, -0.2) is 4.79 Å². The number of carbonyl (C=O) groups is 2. The summed E-state index contributed by atoms with van der Waals surface area (Å²) in [6.07, 6.45) is 0.851. The minimum atomic E-state index is -0.550. The van der Waals surface area contributed by atoms with Gasteiger partial charge in [0, 0.05) is 26.2 Å². The number of nitrogens with zero attached hydrogens (tertiary/aromatic N) is 2. The van der Waals surface area contributed by atoms with Gasteiger partial charge in [-0.2, -0.15) is 0 Å². The number of esters is 1. The molecule has 0 radical (unpaired) electrons. The van der Waals surface area contributed by atoms with Crippen molar-refractivity contribution in [3.8, 4) is 0 Å². The third-order valence-corrected chi connectivity index (χ3v) is 4.85. The molecule has 1 aliphatic heterocycles. The maximum absolute atomic E-state index is 12.7. The molecule has 1 fully saturated rings. The van der Waals surface area contributed by atoms with Gasteiger partial charge >= 0.3 is 5.97 Å². The van der Waals surface area contributed by atoms with E-state index in [0.717, 1.165) is 16.8 Å². The zero-order chi connectivity index (χ0) is 18.7. The Hall–Kier alpha value is -2.82. The molecule has 2 aromatic rings. The summed E-state index contributed by atoms with van der Waals surface area (Å²) in [7, 11) is 5.34. The monoisotopic (exact) mass is 352 g/mol. The van der Waals surface area contributed by atoms with Crippen LogP contribution in [0, 0.1) is 0 Å². The van der Waals surface area contributed by atoms with Crippen molar-refractivity contribution in [3.63, 3.8) is 0 Å². The maximum Gasteiger partial charge on any atom is 0.328 e. The summed E-state index contributed by atoms with van der Waals surface area (Å²) in [6.45, 7) is 0. The fourth-order valence-electron chi connectivity index (χ4n) is 3.50. The average Bonchev–Trinajstić information content (AvgIpc) is 3.04. The van der Waals surface area contributed by atoms with E-state index in [1.54, 1.807) is 4.90 Å². The summed E-state index contributed by atoms with van der Waals surface area (Å²) in [4.78, 5) is 28.6. The second kappa shape index (κ2) is 7.60. The van der Waals surface area contributed by atoms with E-state index in [-0.39, 0.29) is 17.9 Å². The summed E-state index contributed by atoms with van der Waals surface area (Å²) < 4.78 is 4.95. The predicted molar refractivity (Wildman–Crippen MR) is 101 cm³/mol. The molecule has 5 heteroatoms. The number of amides is 1. The fraction of sp³-hybridized carbons (Fsp3) is 0.333. The lowest BCUT2D eigenvalue weighted by atomic mass is 9.96. The molecule has 26 heavy (non-hydrogen) atoms. The van der Waals surface area contributed by atoms with Crippen LogP contribution in [0.2, 0.25) is 0 Å². The molecular weight excluding hydrogens is 328 g/mol. The average molecular weight is 352 g/mol. The van der Waals surface area contributed by atoms with Crippen LogP contribution >= 0.6 is 0 Å². The van der Waals surface area contributed by atoms with Crippen molar-refractivity contribution in [1.29, 1.82) is 0 Å². The topological polar surface area (TPSA) is 49.9 Å². The number of benzene rings is 2. The van der Waals surface area contributed by atoms with E-state index in [1.165, 1.54) is 7.11 Å². The molecule has 0 spiro atoms. The van der Waals surface area contributed by atoms with E-state index >= 15 is 0 Å². The lowest BCUT2D eigenvalue weighted by Gasteiger charge is -2.33. The Morgan fingerprint density at radius 1 is 1.08 bits per heavy atom. The third-order valence-electron chi connectivity index (χ3n) is 4.85. The highest BCUT2D eigenvalue weighted by Gasteiger charge is 2.42. The number of carbonyl (C=O) groups excluding carboxylic acids is 2. The highest BCUT2D eigenvalue weighted by Crippen LogP contribution is 2.36. The van der Waals surface area contributed by atoms with E-state index in [2.05, 4.69) is 0 Å². The fourth-order valence-corrected chi connectivity index (χ4v) is 3.50. The van der Waals surface area contributed by atoms with Crippen LogP contribution in [-0.4, -0.2) is 44.0 Å². The molecule has 2 unspecified atom stereocenters. The zero-order valence-corrected chi connectivity index (χ0v) is 15.4. The van der Waals surface area contributed by atoms with Gasteiger partial charge in [0.2, 0.25) is 5.91 Å². The predicted octanol–water partition coefficient (Wildman–Crippen LogP) is 3.01. The number of ether oxygens (including phenoxy) is 1. The minimum Gasteiger partial charge on any atom is -0.467 e. The molecule has 1 aliphatic rings. The molecule has 1 heterocycles. The lowest BCUT2D eigenvalue weighted by Crippen LogP contribution is -2.42. The Labute approximate surface area is 154 Å². The van der Waals surface area contributed by atoms with Crippen molar-refractivity contribution < 1.29 is 14.3 Å². The molecule has 0 aromatic heterocycles. The molecule has 5 nitrogen and oxygen atoms in total. The standard InChI is InChI=1S/C21H24N2O3/c1-22(2)17-11-9-16(10-12-17)20(15-7-5-4-6-8-15)23-18(21(25)26-3)13-14-19(23)24/h4-12,18,20H,13-14H2,1-3H3.